The van der Waals surface area contributed by atoms with Gasteiger partial charge in [-0.25, -0.2) is 0 Å². The average Bonchev–Trinajstić information content (AvgIpc) is 2.83. The lowest BCUT2D eigenvalue weighted by Crippen LogP contribution is -2.34. The molecule has 6 heteroatoms. The van der Waals surface area contributed by atoms with E-state index < -0.39 is 4.75 Å². The average molecular weight is 352 g/mol. The lowest BCUT2D eigenvalue weighted by atomic mass is 10.1. The molecular formula is C17H22ClN3OS. The molecule has 1 heterocycles. The monoisotopic (exact) mass is 351 g/mol. The number of carbonyl (C=O) groups is 1. The molecule has 124 valence electrons. The highest BCUT2D eigenvalue weighted by Crippen LogP contribution is 2.34. The van der Waals surface area contributed by atoms with Gasteiger partial charge in [0.25, 0.3) is 0 Å². The van der Waals surface area contributed by atoms with Crippen LogP contribution in [0.4, 0.5) is 5.82 Å². The number of halogens is 1. The van der Waals surface area contributed by atoms with E-state index in [1.54, 1.807) is 4.68 Å². The number of carbonyl (C=O) groups excluding carboxylic acids is 1. The van der Waals surface area contributed by atoms with Crippen LogP contribution < -0.4 is 5.32 Å². The molecule has 0 aliphatic carbocycles. The quantitative estimate of drug-likeness (QED) is 0.794. The summed E-state index contributed by atoms with van der Waals surface area (Å²) in [5.74, 6) is 0.975. The zero-order chi connectivity index (χ0) is 17.2. The molecule has 0 bridgehead atoms. The predicted molar refractivity (Wildman–Crippen MR) is 97.3 cm³/mol. The van der Waals surface area contributed by atoms with Gasteiger partial charge in [0.15, 0.2) is 0 Å². The fourth-order valence-corrected chi connectivity index (χ4v) is 3.13. The van der Waals surface area contributed by atoms with Crippen molar-refractivity contribution < 1.29 is 4.79 Å². The second-order valence-electron chi connectivity index (χ2n) is 6.25. The highest BCUT2D eigenvalue weighted by molar-refractivity contribution is 8.01. The van der Waals surface area contributed by atoms with Crippen molar-refractivity contribution in [2.24, 2.45) is 7.05 Å². The van der Waals surface area contributed by atoms with E-state index in [0.29, 0.717) is 16.8 Å². The molecule has 2 rings (SSSR count). The van der Waals surface area contributed by atoms with Gasteiger partial charge in [0.1, 0.15) is 5.82 Å². The number of nitrogens with one attached hydrogen (secondary N) is 1. The minimum absolute atomic E-state index is 0.0595. The standard InChI is InChI=1S/C17H22ClN3OS/c1-11(2)14-10-15(21(5)20-14)19-16(22)17(3,4)23-13-8-6-12(18)7-9-13/h6-11H,1-5H3,(H,19,22). The smallest absolute Gasteiger partial charge is 0.241 e. The summed E-state index contributed by atoms with van der Waals surface area (Å²) in [4.78, 5) is 13.6. The number of anilines is 1. The Morgan fingerprint density at radius 3 is 2.43 bits per heavy atom. The molecule has 2 aromatic rings. The number of nitrogens with zero attached hydrogens (tertiary/aromatic N) is 2. The fraction of sp³-hybridized carbons (Fsp3) is 0.412. The van der Waals surface area contributed by atoms with Gasteiger partial charge in [0, 0.05) is 23.0 Å². The van der Waals surface area contributed by atoms with Gasteiger partial charge in [0.05, 0.1) is 10.4 Å². The minimum atomic E-state index is -0.615. The molecule has 4 nitrogen and oxygen atoms in total. The number of thioether (sulfide) groups is 1. The van der Waals surface area contributed by atoms with Gasteiger partial charge in [-0.05, 0) is 44.0 Å². The third-order valence-corrected chi connectivity index (χ3v) is 4.92. The Bertz CT molecular complexity index is 692. The van der Waals surface area contributed by atoms with Gasteiger partial charge in [-0.2, -0.15) is 5.10 Å². The van der Waals surface area contributed by atoms with Gasteiger partial charge in [-0.1, -0.05) is 25.4 Å². The Kier molecular flexibility index (Phi) is 5.42. The van der Waals surface area contributed by atoms with E-state index in [-0.39, 0.29) is 5.91 Å². The molecule has 0 radical (unpaired) electrons. The second kappa shape index (κ2) is 6.97. The predicted octanol–water partition coefficient (Wildman–Crippen LogP) is 4.71. The molecule has 0 unspecified atom stereocenters. The van der Waals surface area contributed by atoms with Gasteiger partial charge in [-0.3, -0.25) is 9.48 Å². The van der Waals surface area contributed by atoms with Crippen LogP contribution in [0.3, 0.4) is 0 Å². The Balaban J connectivity index is 2.10. The summed E-state index contributed by atoms with van der Waals surface area (Å²) in [5.41, 5.74) is 0.964. The van der Waals surface area contributed by atoms with E-state index in [2.05, 4.69) is 24.3 Å². The molecule has 0 fully saturated rings. The molecule has 0 saturated carbocycles. The van der Waals surface area contributed by atoms with Gasteiger partial charge >= 0.3 is 0 Å². The number of benzene rings is 1. The van der Waals surface area contributed by atoms with Crippen LogP contribution in [-0.2, 0) is 11.8 Å². The van der Waals surface area contributed by atoms with Crippen LogP contribution in [0.25, 0.3) is 0 Å². The summed E-state index contributed by atoms with van der Waals surface area (Å²) in [7, 11) is 1.83. The molecular weight excluding hydrogens is 330 g/mol. The van der Waals surface area contributed by atoms with Crippen LogP contribution in [0.5, 0.6) is 0 Å². The van der Waals surface area contributed by atoms with E-state index in [0.717, 1.165) is 10.6 Å². The highest BCUT2D eigenvalue weighted by Gasteiger charge is 2.30. The Morgan fingerprint density at radius 2 is 1.91 bits per heavy atom. The molecule has 0 aliphatic rings. The van der Waals surface area contributed by atoms with Crippen molar-refractivity contribution in [1.29, 1.82) is 0 Å². The summed E-state index contributed by atoms with van der Waals surface area (Å²) in [6.07, 6.45) is 0. The first-order valence-corrected chi connectivity index (χ1v) is 8.68. The zero-order valence-electron chi connectivity index (χ0n) is 14.1. The van der Waals surface area contributed by atoms with Crippen molar-refractivity contribution in [1.82, 2.24) is 9.78 Å². The molecule has 1 aromatic carbocycles. The number of aromatic nitrogens is 2. The Morgan fingerprint density at radius 1 is 1.30 bits per heavy atom. The number of aryl methyl sites for hydroxylation is 1. The Labute approximate surface area is 146 Å². The normalized spacial score (nSPS) is 11.8. The third-order valence-electron chi connectivity index (χ3n) is 3.47. The fourth-order valence-electron chi connectivity index (χ4n) is 2.00. The second-order valence-corrected chi connectivity index (χ2v) is 8.39. The minimum Gasteiger partial charge on any atom is -0.310 e. The van der Waals surface area contributed by atoms with Crippen molar-refractivity contribution in [3.05, 3.63) is 41.0 Å². The van der Waals surface area contributed by atoms with Crippen molar-refractivity contribution in [3.63, 3.8) is 0 Å². The number of amides is 1. The van der Waals surface area contributed by atoms with Crippen LogP contribution in [0.1, 0.15) is 39.3 Å². The van der Waals surface area contributed by atoms with Crippen LogP contribution in [-0.4, -0.2) is 20.4 Å². The Hall–Kier alpha value is -1.46. The van der Waals surface area contributed by atoms with Gasteiger partial charge in [-0.15, -0.1) is 11.8 Å². The largest absolute Gasteiger partial charge is 0.310 e. The summed E-state index contributed by atoms with van der Waals surface area (Å²) >= 11 is 7.40. The van der Waals surface area contributed by atoms with Gasteiger partial charge in [0.2, 0.25) is 5.91 Å². The van der Waals surface area contributed by atoms with E-state index in [4.69, 9.17) is 11.6 Å². The first kappa shape index (κ1) is 17.9. The zero-order valence-corrected chi connectivity index (χ0v) is 15.6. The molecule has 0 spiro atoms. The first-order chi connectivity index (χ1) is 10.7. The number of hydrogen-bond donors (Lipinski definition) is 1. The first-order valence-electron chi connectivity index (χ1n) is 7.49. The number of rotatable bonds is 5. The molecule has 1 N–H and O–H groups in total. The molecule has 1 amide bonds. The van der Waals surface area contributed by atoms with Crippen molar-refractivity contribution >= 4 is 35.1 Å². The maximum atomic E-state index is 12.6. The SMILES string of the molecule is CC(C)c1cc(NC(=O)C(C)(C)Sc2ccc(Cl)cc2)n(C)n1. The molecule has 1 aromatic heterocycles. The lowest BCUT2D eigenvalue weighted by molar-refractivity contribution is -0.117. The number of hydrogen-bond acceptors (Lipinski definition) is 3. The topological polar surface area (TPSA) is 46.9 Å². The van der Waals surface area contributed by atoms with E-state index in [1.807, 2.05) is 51.2 Å². The van der Waals surface area contributed by atoms with E-state index >= 15 is 0 Å². The van der Waals surface area contributed by atoms with Crippen molar-refractivity contribution in [2.75, 3.05) is 5.32 Å². The molecule has 0 atom stereocenters. The van der Waals surface area contributed by atoms with Crippen molar-refractivity contribution in [3.8, 4) is 0 Å². The summed E-state index contributed by atoms with van der Waals surface area (Å²) < 4.78 is 1.09. The van der Waals surface area contributed by atoms with Crippen LogP contribution in [0.15, 0.2) is 35.2 Å². The van der Waals surface area contributed by atoms with Crippen LogP contribution in [0, 0.1) is 0 Å². The maximum Gasteiger partial charge on any atom is 0.241 e. The van der Waals surface area contributed by atoms with E-state index in [9.17, 15) is 4.79 Å². The lowest BCUT2D eigenvalue weighted by Gasteiger charge is -2.23. The van der Waals surface area contributed by atoms with Crippen molar-refractivity contribution in [2.45, 2.75) is 43.3 Å². The maximum absolute atomic E-state index is 12.6. The molecule has 23 heavy (non-hydrogen) atoms. The summed E-state index contributed by atoms with van der Waals surface area (Å²) in [6, 6.07) is 9.42. The van der Waals surface area contributed by atoms with Crippen LogP contribution >= 0.6 is 23.4 Å². The van der Waals surface area contributed by atoms with Gasteiger partial charge < -0.3 is 5.32 Å². The summed E-state index contributed by atoms with van der Waals surface area (Å²) in [6.45, 7) is 7.96. The highest BCUT2D eigenvalue weighted by atomic mass is 35.5. The van der Waals surface area contributed by atoms with Crippen LogP contribution in [0.2, 0.25) is 5.02 Å². The molecule has 0 aliphatic heterocycles. The summed E-state index contributed by atoms with van der Waals surface area (Å²) in [5, 5.41) is 8.08. The third kappa shape index (κ3) is 4.52. The van der Waals surface area contributed by atoms with E-state index in [1.165, 1.54) is 11.8 Å². The molecule has 0 saturated heterocycles.